The maximum absolute atomic E-state index is 12.5. The van der Waals surface area contributed by atoms with Crippen molar-refractivity contribution in [2.75, 3.05) is 46.4 Å². The largest absolute Gasteiger partial charge is 0.368 e. The van der Waals surface area contributed by atoms with Crippen LogP contribution in [0.3, 0.4) is 0 Å². The number of benzene rings is 1. The van der Waals surface area contributed by atoms with Gasteiger partial charge in [0.25, 0.3) is 5.91 Å². The topological polar surface area (TPSA) is 77.5 Å². The second kappa shape index (κ2) is 11.8. The first-order valence-electron chi connectivity index (χ1n) is 11.4. The Morgan fingerprint density at radius 3 is 2.31 bits per heavy atom. The monoisotopic (exact) mass is 555 g/mol. The van der Waals surface area contributed by atoms with E-state index in [4.69, 9.17) is 4.74 Å². The Kier molecular flexibility index (Phi) is 9.15. The molecular weight excluding hydrogens is 521 g/mol. The van der Waals surface area contributed by atoms with E-state index in [1.807, 2.05) is 21.9 Å². The summed E-state index contributed by atoms with van der Waals surface area (Å²) in [5, 5.41) is 3.38. The lowest BCUT2D eigenvalue weighted by atomic mass is 10.1. The van der Waals surface area contributed by atoms with Crippen LogP contribution in [-0.4, -0.2) is 85.0 Å². The third-order valence-corrected chi connectivity index (χ3v) is 6.35. The van der Waals surface area contributed by atoms with Crippen LogP contribution in [-0.2, 0) is 27.4 Å². The summed E-state index contributed by atoms with van der Waals surface area (Å²) in [6.07, 6.45) is 2.86. The van der Waals surface area contributed by atoms with E-state index in [2.05, 4.69) is 27.3 Å². The normalized spacial score (nSPS) is 20.7. The number of rotatable bonds is 5. The molecule has 0 aromatic heterocycles. The summed E-state index contributed by atoms with van der Waals surface area (Å²) in [6.45, 7) is 5.72. The van der Waals surface area contributed by atoms with E-state index in [1.165, 1.54) is 11.1 Å². The molecule has 3 heterocycles. The molecule has 2 amide bonds. The van der Waals surface area contributed by atoms with E-state index in [9.17, 15) is 9.59 Å². The van der Waals surface area contributed by atoms with Gasteiger partial charge < -0.3 is 24.8 Å². The van der Waals surface area contributed by atoms with Crippen LogP contribution < -0.4 is 5.32 Å². The fourth-order valence-corrected chi connectivity index (χ4v) is 4.55. The lowest BCUT2D eigenvalue weighted by Gasteiger charge is -2.37. The highest BCUT2D eigenvalue weighted by Gasteiger charge is 2.31. The predicted molar refractivity (Wildman–Crippen MR) is 134 cm³/mol. The molecule has 3 aliphatic heterocycles. The minimum Gasteiger partial charge on any atom is -0.368 e. The quantitative estimate of drug-likeness (QED) is 0.260. The van der Waals surface area contributed by atoms with Gasteiger partial charge in [0.15, 0.2) is 5.96 Å². The van der Waals surface area contributed by atoms with Gasteiger partial charge in [0.1, 0.15) is 6.10 Å². The van der Waals surface area contributed by atoms with Crippen molar-refractivity contribution in [3.63, 3.8) is 0 Å². The van der Waals surface area contributed by atoms with Gasteiger partial charge in [0.05, 0.1) is 0 Å². The van der Waals surface area contributed by atoms with E-state index in [1.54, 1.807) is 7.05 Å². The molecule has 8 nitrogen and oxygen atoms in total. The Bertz CT molecular complexity index is 795. The molecule has 1 aromatic carbocycles. The van der Waals surface area contributed by atoms with Crippen LogP contribution in [0, 0.1) is 0 Å². The highest BCUT2D eigenvalue weighted by atomic mass is 127. The average molecular weight is 555 g/mol. The molecule has 0 radical (unpaired) electrons. The van der Waals surface area contributed by atoms with E-state index >= 15 is 0 Å². The molecule has 0 aliphatic carbocycles. The Labute approximate surface area is 207 Å². The first-order valence-corrected chi connectivity index (χ1v) is 11.4. The van der Waals surface area contributed by atoms with Crippen molar-refractivity contribution >= 4 is 41.8 Å². The summed E-state index contributed by atoms with van der Waals surface area (Å²) >= 11 is 0. The van der Waals surface area contributed by atoms with Gasteiger partial charge in [0, 0.05) is 65.9 Å². The number of nitrogens with one attached hydrogen (secondary N) is 1. The maximum atomic E-state index is 12.5. The standard InChI is InChI=1S/C23H33N5O3.HI/c1-24-23(27-13-11-26(12-14-27)22(30)20-8-5-15-31-20)25-10-4-9-21(29)28-16-18-6-2-3-7-19(18)17-28;/h2-3,6-7,20H,4-5,8-17H2,1H3,(H,24,25);1H. The van der Waals surface area contributed by atoms with Crippen molar-refractivity contribution in [3.8, 4) is 0 Å². The minimum absolute atomic E-state index is 0. The minimum atomic E-state index is -0.245. The number of fused-ring (bicyclic) bond motifs is 1. The molecule has 1 aromatic rings. The number of hydrogen-bond acceptors (Lipinski definition) is 4. The van der Waals surface area contributed by atoms with Crippen LogP contribution in [0.4, 0.5) is 0 Å². The summed E-state index contributed by atoms with van der Waals surface area (Å²) < 4.78 is 5.53. The van der Waals surface area contributed by atoms with Crippen LogP contribution in [0.25, 0.3) is 0 Å². The van der Waals surface area contributed by atoms with Gasteiger partial charge in [0.2, 0.25) is 5.91 Å². The molecule has 2 saturated heterocycles. The molecule has 1 N–H and O–H groups in total. The van der Waals surface area contributed by atoms with Crippen molar-refractivity contribution < 1.29 is 14.3 Å². The number of carbonyl (C=O) groups excluding carboxylic acids is 2. The molecule has 176 valence electrons. The number of aliphatic imine (C=N–C) groups is 1. The Morgan fingerprint density at radius 1 is 1.06 bits per heavy atom. The molecular formula is C23H34IN5O3. The molecule has 32 heavy (non-hydrogen) atoms. The number of nitrogens with zero attached hydrogens (tertiary/aromatic N) is 4. The molecule has 3 aliphatic rings. The number of carbonyl (C=O) groups is 2. The number of halogens is 1. The molecule has 2 fully saturated rings. The van der Waals surface area contributed by atoms with Gasteiger partial charge in [-0.25, -0.2) is 0 Å². The van der Waals surface area contributed by atoms with E-state index in [-0.39, 0.29) is 41.9 Å². The van der Waals surface area contributed by atoms with Crippen LogP contribution in [0.15, 0.2) is 29.3 Å². The molecule has 9 heteroatoms. The fraction of sp³-hybridized carbons (Fsp3) is 0.609. The summed E-state index contributed by atoms with van der Waals surface area (Å²) in [5.74, 6) is 1.17. The Morgan fingerprint density at radius 2 is 1.72 bits per heavy atom. The van der Waals surface area contributed by atoms with Crippen molar-refractivity contribution in [1.29, 1.82) is 0 Å². The average Bonchev–Trinajstić information content (AvgIpc) is 3.49. The fourth-order valence-electron chi connectivity index (χ4n) is 4.55. The number of amides is 2. The zero-order valence-corrected chi connectivity index (χ0v) is 21.1. The first kappa shape index (κ1) is 24.8. The third-order valence-electron chi connectivity index (χ3n) is 6.35. The SMILES string of the molecule is CN=C(NCCCC(=O)N1Cc2ccccc2C1)N1CCN(C(=O)C2CCCO2)CC1.I. The van der Waals surface area contributed by atoms with Gasteiger partial charge in [-0.05, 0) is 30.4 Å². The third kappa shape index (κ3) is 5.92. The number of ether oxygens (including phenoxy) is 1. The summed E-state index contributed by atoms with van der Waals surface area (Å²) in [5.41, 5.74) is 2.51. The van der Waals surface area contributed by atoms with Gasteiger partial charge in [-0.3, -0.25) is 14.6 Å². The van der Waals surface area contributed by atoms with Gasteiger partial charge in [-0.1, -0.05) is 24.3 Å². The van der Waals surface area contributed by atoms with Crippen molar-refractivity contribution in [1.82, 2.24) is 20.0 Å². The first-order chi connectivity index (χ1) is 15.2. The highest BCUT2D eigenvalue weighted by molar-refractivity contribution is 14.0. The summed E-state index contributed by atoms with van der Waals surface area (Å²) in [6, 6.07) is 8.26. The Balaban J connectivity index is 0.00000289. The van der Waals surface area contributed by atoms with Crippen LogP contribution >= 0.6 is 24.0 Å². The van der Waals surface area contributed by atoms with Gasteiger partial charge >= 0.3 is 0 Å². The summed E-state index contributed by atoms with van der Waals surface area (Å²) in [4.78, 5) is 35.5. The number of piperazine rings is 1. The second-order valence-electron chi connectivity index (χ2n) is 8.41. The zero-order valence-electron chi connectivity index (χ0n) is 18.8. The summed E-state index contributed by atoms with van der Waals surface area (Å²) in [7, 11) is 1.78. The van der Waals surface area contributed by atoms with E-state index in [0.29, 0.717) is 32.7 Å². The number of hydrogen-bond donors (Lipinski definition) is 1. The van der Waals surface area contributed by atoms with Crippen LogP contribution in [0.5, 0.6) is 0 Å². The van der Waals surface area contributed by atoms with Crippen molar-refractivity contribution in [2.24, 2.45) is 4.99 Å². The molecule has 0 spiro atoms. The predicted octanol–water partition coefficient (Wildman–Crippen LogP) is 1.83. The highest BCUT2D eigenvalue weighted by Crippen LogP contribution is 2.23. The zero-order chi connectivity index (χ0) is 21.6. The van der Waals surface area contributed by atoms with Crippen LogP contribution in [0.2, 0.25) is 0 Å². The van der Waals surface area contributed by atoms with Crippen molar-refractivity contribution in [3.05, 3.63) is 35.4 Å². The molecule has 4 rings (SSSR count). The second-order valence-corrected chi connectivity index (χ2v) is 8.41. The molecule has 1 unspecified atom stereocenters. The molecule has 1 atom stereocenters. The van der Waals surface area contributed by atoms with Gasteiger partial charge in [-0.15, -0.1) is 24.0 Å². The number of guanidine groups is 1. The van der Waals surface area contributed by atoms with E-state index < -0.39 is 0 Å². The van der Waals surface area contributed by atoms with Gasteiger partial charge in [-0.2, -0.15) is 0 Å². The molecule has 0 bridgehead atoms. The smallest absolute Gasteiger partial charge is 0.251 e. The van der Waals surface area contributed by atoms with E-state index in [0.717, 1.165) is 51.4 Å². The van der Waals surface area contributed by atoms with Crippen molar-refractivity contribution in [2.45, 2.75) is 44.9 Å². The molecule has 0 saturated carbocycles. The maximum Gasteiger partial charge on any atom is 0.251 e. The van der Waals surface area contributed by atoms with Crippen LogP contribution in [0.1, 0.15) is 36.8 Å². The Hall–Kier alpha value is -1.88. The lowest BCUT2D eigenvalue weighted by molar-refractivity contribution is -0.142. The lowest BCUT2D eigenvalue weighted by Crippen LogP contribution is -2.55.